The first-order valence-corrected chi connectivity index (χ1v) is 8.19. The van der Waals surface area contributed by atoms with Gasteiger partial charge in [-0.3, -0.25) is 10.1 Å². The molecule has 0 atom stereocenters. The van der Waals surface area contributed by atoms with Gasteiger partial charge in [-0.1, -0.05) is 0 Å². The fourth-order valence-corrected chi connectivity index (χ4v) is 2.73. The lowest BCUT2D eigenvalue weighted by molar-refractivity contribution is 0.0635. The molecule has 0 bridgehead atoms. The predicted molar refractivity (Wildman–Crippen MR) is 93.3 cm³/mol. The van der Waals surface area contributed by atoms with Crippen LogP contribution in [0, 0.1) is 12.7 Å². The molecule has 0 spiro atoms. The smallest absolute Gasteiger partial charge is 0.412 e. The molecule has 0 aliphatic carbocycles. The fraction of sp³-hybridized carbons (Fsp3) is 0.294. The van der Waals surface area contributed by atoms with Crippen molar-refractivity contribution in [3.63, 3.8) is 0 Å². The van der Waals surface area contributed by atoms with Gasteiger partial charge >= 0.3 is 6.09 Å². The number of amides is 2. The lowest BCUT2D eigenvalue weighted by Crippen LogP contribution is -2.27. The Morgan fingerprint density at radius 1 is 1.17 bits per heavy atom. The Balaban J connectivity index is 2.12. The van der Waals surface area contributed by atoms with Gasteiger partial charge in [-0.25, -0.2) is 9.18 Å². The predicted octanol–water partition coefficient (Wildman–Crippen LogP) is 4.79. The highest BCUT2D eigenvalue weighted by Crippen LogP contribution is 2.23. The zero-order valence-corrected chi connectivity index (χ0v) is 14.7. The molecule has 2 N–H and O–H groups in total. The monoisotopic (exact) mass is 350 g/mol. The van der Waals surface area contributed by atoms with Crippen LogP contribution in [0.4, 0.5) is 20.6 Å². The van der Waals surface area contributed by atoms with Gasteiger partial charge in [-0.2, -0.15) is 0 Å². The molecule has 0 radical (unpaired) electrons. The molecule has 0 fully saturated rings. The van der Waals surface area contributed by atoms with E-state index in [2.05, 4.69) is 10.6 Å². The summed E-state index contributed by atoms with van der Waals surface area (Å²) >= 11 is 1.33. The third-order valence-corrected chi connectivity index (χ3v) is 3.94. The molecule has 0 aliphatic rings. The topological polar surface area (TPSA) is 67.4 Å². The second-order valence-corrected chi connectivity index (χ2v) is 7.12. The van der Waals surface area contributed by atoms with Gasteiger partial charge in [-0.05, 0) is 62.9 Å². The molecular weight excluding hydrogens is 331 g/mol. The molecule has 0 saturated heterocycles. The molecule has 0 saturated carbocycles. The Bertz CT molecular complexity index is 765. The zero-order chi connectivity index (χ0) is 17.9. The van der Waals surface area contributed by atoms with Crippen LogP contribution < -0.4 is 10.6 Å². The number of hydrogen-bond donors (Lipinski definition) is 2. The van der Waals surface area contributed by atoms with Gasteiger partial charge in [0.05, 0.1) is 10.6 Å². The van der Waals surface area contributed by atoms with Gasteiger partial charge < -0.3 is 10.1 Å². The minimum Gasteiger partial charge on any atom is -0.444 e. The Kier molecular flexibility index (Phi) is 5.23. The van der Waals surface area contributed by atoms with Crippen LogP contribution >= 0.6 is 11.3 Å². The number of halogens is 1. The maximum absolute atomic E-state index is 13.9. The van der Waals surface area contributed by atoms with Gasteiger partial charge in [0.25, 0.3) is 5.91 Å². The number of benzene rings is 1. The number of carbonyl (C=O) groups is 2. The van der Waals surface area contributed by atoms with Crippen molar-refractivity contribution >= 4 is 34.7 Å². The zero-order valence-electron chi connectivity index (χ0n) is 13.9. The second-order valence-electron chi connectivity index (χ2n) is 6.21. The maximum atomic E-state index is 13.9. The lowest BCUT2D eigenvalue weighted by Gasteiger charge is -2.20. The van der Waals surface area contributed by atoms with Crippen LogP contribution in [0.3, 0.4) is 0 Å². The normalized spacial score (nSPS) is 11.0. The first-order valence-electron chi connectivity index (χ1n) is 7.31. The number of nitrogens with one attached hydrogen (secondary N) is 2. The summed E-state index contributed by atoms with van der Waals surface area (Å²) in [5.41, 5.74) is 0.486. The summed E-state index contributed by atoms with van der Waals surface area (Å²) in [5, 5.41) is 6.85. The van der Waals surface area contributed by atoms with Crippen LogP contribution in [0.5, 0.6) is 0 Å². The van der Waals surface area contributed by atoms with Crippen molar-refractivity contribution in [1.82, 2.24) is 0 Å². The second kappa shape index (κ2) is 7.00. The minimum atomic E-state index is -0.765. The van der Waals surface area contributed by atoms with Crippen molar-refractivity contribution in [1.29, 1.82) is 0 Å². The highest BCUT2D eigenvalue weighted by atomic mass is 32.1. The maximum Gasteiger partial charge on any atom is 0.412 e. The van der Waals surface area contributed by atoms with Gasteiger partial charge in [0.2, 0.25) is 0 Å². The number of anilines is 2. The molecule has 2 aromatic rings. The first kappa shape index (κ1) is 17.9. The largest absolute Gasteiger partial charge is 0.444 e. The van der Waals surface area contributed by atoms with Crippen molar-refractivity contribution in [2.45, 2.75) is 33.3 Å². The minimum absolute atomic E-state index is 0.0649. The average Bonchev–Trinajstić information content (AvgIpc) is 2.86. The molecule has 24 heavy (non-hydrogen) atoms. The lowest BCUT2D eigenvalue weighted by atomic mass is 10.2. The summed E-state index contributed by atoms with van der Waals surface area (Å²) < 4.78 is 18.9. The number of carbonyl (C=O) groups excluding carboxylic acids is 2. The van der Waals surface area contributed by atoms with E-state index in [1.54, 1.807) is 20.8 Å². The molecule has 0 unspecified atom stereocenters. The Morgan fingerprint density at radius 2 is 1.88 bits per heavy atom. The van der Waals surface area contributed by atoms with E-state index >= 15 is 0 Å². The summed E-state index contributed by atoms with van der Waals surface area (Å²) in [5.74, 6) is -0.900. The molecular formula is C17H19FN2O3S. The first-order chi connectivity index (χ1) is 11.2. The third-order valence-electron chi connectivity index (χ3n) is 2.93. The Hall–Kier alpha value is -2.41. The van der Waals surface area contributed by atoms with E-state index in [-0.39, 0.29) is 11.6 Å². The van der Waals surface area contributed by atoms with Crippen LogP contribution in [-0.4, -0.2) is 17.6 Å². The number of thiophene rings is 1. The molecule has 1 aromatic carbocycles. The van der Waals surface area contributed by atoms with Crippen LogP contribution in [0.1, 0.15) is 36.0 Å². The molecule has 2 amide bonds. The average molecular weight is 350 g/mol. The summed E-state index contributed by atoms with van der Waals surface area (Å²) in [6.07, 6.45) is -0.765. The summed E-state index contributed by atoms with van der Waals surface area (Å²) in [7, 11) is 0. The molecule has 7 heteroatoms. The molecule has 1 aromatic heterocycles. The van der Waals surface area contributed by atoms with Gasteiger partial charge in [0.1, 0.15) is 11.4 Å². The standard InChI is InChI=1S/C17H19FN2O3S/c1-10-7-8-24-14(10)15(21)19-11-5-6-12(18)13(9-11)20-16(22)23-17(2,3)4/h5-9H,1-4H3,(H,19,21)(H,20,22). The third kappa shape index (κ3) is 4.79. The van der Waals surface area contributed by atoms with Gasteiger partial charge in [-0.15, -0.1) is 11.3 Å². The van der Waals surface area contributed by atoms with Crippen LogP contribution in [0.2, 0.25) is 0 Å². The summed E-state index contributed by atoms with van der Waals surface area (Å²) in [4.78, 5) is 24.5. The Labute approximate surface area is 143 Å². The van der Waals surface area contributed by atoms with E-state index in [1.807, 2.05) is 18.4 Å². The number of aryl methyl sites for hydroxylation is 1. The molecule has 2 rings (SSSR count). The van der Waals surface area contributed by atoms with Gasteiger partial charge in [0.15, 0.2) is 0 Å². The van der Waals surface area contributed by atoms with E-state index in [0.29, 0.717) is 10.6 Å². The highest BCUT2D eigenvalue weighted by molar-refractivity contribution is 7.12. The van der Waals surface area contributed by atoms with E-state index in [9.17, 15) is 14.0 Å². The fourth-order valence-electron chi connectivity index (χ4n) is 1.91. The van der Waals surface area contributed by atoms with Gasteiger partial charge in [0, 0.05) is 5.69 Å². The van der Waals surface area contributed by atoms with Crippen molar-refractivity contribution in [3.8, 4) is 0 Å². The summed E-state index contributed by atoms with van der Waals surface area (Å²) in [6, 6.07) is 5.79. The van der Waals surface area contributed by atoms with Crippen molar-refractivity contribution in [3.05, 3.63) is 45.9 Å². The van der Waals surface area contributed by atoms with E-state index < -0.39 is 17.5 Å². The molecule has 0 aliphatic heterocycles. The van der Waals surface area contributed by atoms with Crippen LogP contribution in [0.15, 0.2) is 29.6 Å². The highest BCUT2D eigenvalue weighted by Gasteiger charge is 2.18. The van der Waals surface area contributed by atoms with Crippen LogP contribution in [-0.2, 0) is 4.74 Å². The summed E-state index contributed by atoms with van der Waals surface area (Å²) in [6.45, 7) is 6.97. The number of ether oxygens (including phenoxy) is 1. The van der Waals surface area contributed by atoms with E-state index in [0.717, 1.165) is 5.56 Å². The van der Waals surface area contributed by atoms with E-state index in [1.165, 1.54) is 29.5 Å². The van der Waals surface area contributed by atoms with Crippen molar-refractivity contribution in [2.75, 3.05) is 10.6 Å². The quantitative estimate of drug-likeness (QED) is 0.836. The molecule has 128 valence electrons. The molecule has 1 heterocycles. The van der Waals surface area contributed by atoms with Crippen LogP contribution in [0.25, 0.3) is 0 Å². The van der Waals surface area contributed by atoms with E-state index in [4.69, 9.17) is 4.74 Å². The Morgan fingerprint density at radius 3 is 2.46 bits per heavy atom. The molecule has 5 nitrogen and oxygen atoms in total. The van der Waals surface area contributed by atoms with Crippen molar-refractivity contribution < 1.29 is 18.7 Å². The SMILES string of the molecule is Cc1ccsc1C(=O)Nc1ccc(F)c(NC(=O)OC(C)(C)C)c1. The number of hydrogen-bond acceptors (Lipinski definition) is 4. The van der Waals surface area contributed by atoms with Crippen molar-refractivity contribution in [2.24, 2.45) is 0 Å². The number of rotatable bonds is 3.